The Hall–Kier alpha value is -2.67. The first kappa shape index (κ1) is 22.5. The molecule has 1 aliphatic heterocycles. The topological polar surface area (TPSA) is 58.6 Å². The number of benzene rings is 3. The summed E-state index contributed by atoms with van der Waals surface area (Å²) in [6.07, 6.45) is 0. The monoisotopic (exact) mass is 486 g/mol. The molecule has 0 spiro atoms. The van der Waals surface area contributed by atoms with E-state index in [-0.39, 0.29) is 22.2 Å². The van der Waals surface area contributed by atoms with E-state index >= 15 is 0 Å². The van der Waals surface area contributed by atoms with Crippen molar-refractivity contribution in [2.75, 3.05) is 22.6 Å². The molecular weight excluding hydrogens is 467 g/mol. The lowest BCUT2D eigenvalue weighted by atomic mass is 10.1. The predicted molar refractivity (Wildman–Crippen MR) is 131 cm³/mol. The molecule has 8 heteroatoms. The van der Waals surface area contributed by atoms with Crippen molar-refractivity contribution in [3.05, 3.63) is 87.9 Å². The zero-order valence-corrected chi connectivity index (χ0v) is 19.5. The van der Waals surface area contributed by atoms with Crippen molar-refractivity contribution in [3.63, 3.8) is 0 Å². The Morgan fingerprint density at radius 1 is 1.12 bits per heavy atom. The molecule has 1 aliphatic rings. The molecular formula is C24H20Cl2N2O3S. The highest BCUT2D eigenvalue weighted by atomic mass is 35.5. The molecule has 5 nitrogen and oxygen atoms in total. The molecule has 4 rings (SSSR count). The number of thioether (sulfide) groups is 1. The summed E-state index contributed by atoms with van der Waals surface area (Å²) in [5.74, 6) is 0.848. The maximum Gasteiger partial charge on any atom is 0.257 e. The van der Waals surface area contributed by atoms with Crippen LogP contribution in [0, 0.1) is 0 Å². The van der Waals surface area contributed by atoms with Crippen LogP contribution in [-0.2, 0) is 4.79 Å². The maximum atomic E-state index is 12.7. The second-order valence-electron chi connectivity index (χ2n) is 7.06. The van der Waals surface area contributed by atoms with Crippen LogP contribution in [0.25, 0.3) is 0 Å². The summed E-state index contributed by atoms with van der Waals surface area (Å²) in [7, 11) is 0. The third kappa shape index (κ3) is 4.88. The minimum atomic E-state index is -0.331. The van der Waals surface area contributed by atoms with Gasteiger partial charge in [0.2, 0.25) is 5.91 Å². The maximum absolute atomic E-state index is 12.7. The highest BCUT2D eigenvalue weighted by molar-refractivity contribution is 8.00. The summed E-state index contributed by atoms with van der Waals surface area (Å²) >= 11 is 13.6. The summed E-state index contributed by atoms with van der Waals surface area (Å²) in [6, 6.07) is 19.7. The average molecular weight is 487 g/mol. The van der Waals surface area contributed by atoms with Crippen LogP contribution in [0.15, 0.2) is 66.7 Å². The zero-order valence-electron chi connectivity index (χ0n) is 17.2. The number of anilines is 2. The highest BCUT2D eigenvalue weighted by Gasteiger charge is 2.34. The summed E-state index contributed by atoms with van der Waals surface area (Å²) in [5, 5.41) is 3.42. The Balaban J connectivity index is 1.56. The van der Waals surface area contributed by atoms with Gasteiger partial charge in [-0.1, -0.05) is 35.3 Å². The van der Waals surface area contributed by atoms with Crippen LogP contribution in [-0.4, -0.2) is 24.2 Å². The molecule has 0 aromatic heterocycles. The smallest absolute Gasteiger partial charge is 0.257 e. The molecule has 0 unspecified atom stereocenters. The second kappa shape index (κ2) is 9.86. The first-order valence-corrected chi connectivity index (χ1v) is 11.8. The van der Waals surface area contributed by atoms with Gasteiger partial charge >= 0.3 is 0 Å². The van der Waals surface area contributed by atoms with Crippen molar-refractivity contribution >= 4 is 58.2 Å². The highest BCUT2D eigenvalue weighted by Crippen LogP contribution is 2.42. The van der Waals surface area contributed by atoms with Gasteiger partial charge in [0, 0.05) is 16.4 Å². The molecule has 3 aromatic rings. The van der Waals surface area contributed by atoms with Gasteiger partial charge in [-0.3, -0.25) is 14.5 Å². The molecule has 0 saturated carbocycles. The first-order valence-electron chi connectivity index (χ1n) is 9.99. The van der Waals surface area contributed by atoms with Gasteiger partial charge in [-0.15, -0.1) is 11.8 Å². The van der Waals surface area contributed by atoms with Crippen LogP contribution in [0.4, 0.5) is 11.4 Å². The third-order valence-corrected chi connectivity index (χ3v) is 6.66. The van der Waals surface area contributed by atoms with E-state index in [1.807, 2.05) is 49.4 Å². The van der Waals surface area contributed by atoms with Crippen LogP contribution >= 0.6 is 35.0 Å². The predicted octanol–water partition coefficient (Wildman–Crippen LogP) is 6.42. The van der Waals surface area contributed by atoms with Crippen molar-refractivity contribution in [3.8, 4) is 5.75 Å². The van der Waals surface area contributed by atoms with Gasteiger partial charge in [0.05, 0.1) is 22.9 Å². The first-order chi connectivity index (χ1) is 15.5. The number of hydrogen-bond acceptors (Lipinski definition) is 4. The van der Waals surface area contributed by atoms with Crippen LogP contribution in [0.2, 0.25) is 10.0 Å². The number of hydrogen-bond donors (Lipinski definition) is 1. The number of amides is 2. The van der Waals surface area contributed by atoms with Gasteiger partial charge in [-0.2, -0.15) is 0 Å². The molecule has 1 heterocycles. The average Bonchev–Trinajstić information content (AvgIpc) is 3.16. The van der Waals surface area contributed by atoms with Crippen molar-refractivity contribution < 1.29 is 14.3 Å². The number of halogens is 2. The Morgan fingerprint density at radius 2 is 1.91 bits per heavy atom. The fraction of sp³-hybridized carbons (Fsp3) is 0.167. The van der Waals surface area contributed by atoms with E-state index in [0.717, 1.165) is 17.0 Å². The van der Waals surface area contributed by atoms with E-state index < -0.39 is 0 Å². The van der Waals surface area contributed by atoms with E-state index in [0.29, 0.717) is 28.6 Å². The van der Waals surface area contributed by atoms with E-state index in [1.165, 1.54) is 6.07 Å². The van der Waals surface area contributed by atoms with Crippen LogP contribution < -0.4 is 15.0 Å². The number of carbonyl (C=O) groups is 2. The second-order valence-corrected chi connectivity index (χ2v) is 8.97. The SMILES string of the molecule is CCOc1ccc(N2C(=O)CS[C@H]2c2cccc(NC(=O)c3ccc(Cl)cc3Cl)c2)cc1. The van der Waals surface area contributed by atoms with E-state index in [9.17, 15) is 9.59 Å². The van der Waals surface area contributed by atoms with Crippen molar-refractivity contribution in [1.82, 2.24) is 0 Å². The molecule has 164 valence electrons. The fourth-order valence-electron chi connectivity index (χ4n) is 3.46. The minimum Gasteiger partial charge on any atom is -0.494 e. The minimum absolute atomic E-state index is 0.0338. The van der Waals surface area contributed by atoms with Gasteiger partial charge in [-0.25, -0.2) is 0 Å². The molecule has 2 amide bonds. The van der Waals surface area contributed by atoms with Gasteiger partial charge in [0.1, 0.15) is 11.1 Å². The standard InChI is InChI=1S/C24H20Cl2N2O3S/c1-2-31-19-9-7-18(8-10-19)28-22(29)14-32-24(28)15-4-3-5-17(12-15)27-23(30)20-11-6-16(25)13-21(20)26/h3-13,24H,2,14H2,1H3,(H,27,30)/t24-/m0/s1. The fourth-order valence-corrected chi connectivity index (χ4v) is 5.12. The van der Waals surface area contributed by atoms with E-state index in [4.69, 9.17) is 27.9 Å². The molecule has 0 radical (unpaired) electrons. The third-order valence-electron chi connectivity index (χ3n) is 4.90. The molecule has 0 aliphatic carbocycles. The Bertz CT molecular complexity index is 1150. The van der Waals surface area contributed by atoms with Gasteiger partial charge in [0.15, 0.2) is 0 Å². The summed E-state index contributed by atoms with van der Waals surface area (Å²) < 4.78 is 5.50. The van der Waals surface area contributed by atoms with Gasteiger partial charge in [0.25, 0.3) is 5.91 Å². The number of carbonyl (C=O) groups excluding carboxylic acids is 2. The number of ether oxygens (including phenoxy) is 1. The molecule has 1 fully saturated rings. The molecule has 1 N–H and O–H groups in total. The Morgan fingerprint density at radius 3 is 2.62 bits per heavy atom. The lowest BCUT2D eigenvalue weighted by Gasteiger charge is -2.25. The van der Waals surface area contributed by atoms with Crippen molar-refractivity contribution in [2.24, 2.45) is 0 Å². The van der Waals surface area contributed by atoms with Crippen LogP contribution in [0.5, 0.6) is 5.75 Å². The number of rotatable bonds is 6. The van der Waals surface area contributed by atoms with Gasteiger partial charge < -0.3 is 10.1 Å². The molecule has 32 heavy (non-hydrogen) atoms. The van der Waals surface area contributed by atoms with E-state index in [1.54, 1.807) is 34.9 Å². The molecule has 0 bridgehead atoms. The van der Waals surface area contributed by atoms with Crippen LogP contribution in [0.3, 0.4) is 0 Å². The van der Waals surface area contributed by atoms with Crippen LogP contribution in [0.1, 0.15) is 28.2 Å². The van der Waals surface area contributed by atoms with Crippen molar-refractivity contribution in [1.29, 1.82) is 0 Å². The zero-order chi connectivity index (χ0) is 22.7. The largest absolute Gasteiger partial charge is 0.494 e. The lowest BCUT2D eigenvalue weighted by Crippen LogP contribution is -2.27. The quantitative estimate of drug-likeness (QED) is 0.436. The van der Waals surface area contributed by atoms with Crippen molar-refractivity contribution in [2.45, 2.75) is 12.3 Å². The Labute approximate surface area is 200 Å². The number of nitrogens with zero attached hydrogens (tertiary/aromatic N) is 1. The Kier molecular flexibility index (Phi) is 6.94. The summed E-state index contributed by atoms with van der Waals surface area (Å²) in [4.78, 5) is 27.1. The molecule has 3 aromatic carbocycles. The summed E-state index contributed by atoms with van der Waals surface area (Å²) in [6.45, 7) is 2.51. The summed E-state index contributed by atoms with van der Waals surface area (Å²) in [5.41, 5.74) is 2.67. The molecule has 1 saturated heterocycles. The lowest BCUT2D eigenvalue weighted by molar-refractivity contribution is -0.115. The number of nitrogens with one attached hydrogen (secondary N) is 1. The van der Waals surface area contributed by atoms with Gasteiger partial charge in [-0.05, 0) is 67.1 Å². The molecule has 1 atom stereocenters. The normalized spacial score (nSPS) is 15.7. The van der Waals surface area contributed by atoms with E-state index in [2.05, 4.69) is 5.32 Å².